The molecule has 1 aromatic carbocycles. The smallest absolute Gasteiger partial charge is 0.268 e. The lowest BCUT2D eigenvalue weighted by molar-refractivity contribution is -0.134. The molecule has 0 radical (unpaired) electrons. The number of barbiturate groups is 1. The van der Waals surface area contributed by atoms with E-state index in [2.05, 4.69) is 4.98 Å². The third kappa shape index (κ3) is 2.83. The molecule has 1 fully saturated rings. The van der Waals surface area contributed by atoms with Crippen LogP contribution >= 0.6 is 22.9 Å². The van der Waals surface area contributed by atoms with Crippen LogP contribution < -0.4 is 0 Å². The van der Waals surface area contributed by atoms with E-state index in [1.54, 1.807) is 17.5 Å². The fraction of sp³-hybridized carbons (Fsp3) is 0.125. The number of carbonyl (C=O) groups is 3. The standard InChI is InChI=1S/C16H12ClN3O3S/c1-19-14(21)12(15(22)20(2)16(19)23)7-11-8-24-13(18-11)9-3-5-10(17)6-4-9/h3-8H,1-2H3. The van der Waals surface area contributed by atoms with Gasteiger partial charge in [-0.1, -0.05) is 23.7 Å². The number of halogens is 1. The van der Waals surface area contributed by atoms with Gasteiger partial charge >= 0.3 is 6.03 Å². The Morgan fingerprint density at radius 2 is 1.62 bits per heavy atom. The van der Waals surface area contributed by atoms with E-state index < -0.39 is 17.8 Å². The highest BCUT2D eigenvalue weighted by Crippen LogP contribution is 2.26. The van der Waals surface area contributed by atoms with Gasteiger partial charge in [0.15, 0.2) is 0 Å². The Kier molecular flexibility index (Phi) is 4.21. The van der Waals surface area contributed by atoms with Crippen LogP contribution in [-0.4, -0.2) is 46.7 Å². The van der Waals surface area contributed by atoms with Gasteiger partial charge in [-0.15, -0.1) is 11.3 Å². The van der Waals surface area contributed by atoms with E-state index in [1.165, 1.54) is 31.5 Å². The summed E-state index contributed by atoms with van der Waals surface area (Å²) in [5.41, 5.74) is 1.28. The molecule has 3 rings (SSSR count). The monoisotopic (exact) mass is 361 g/mol. The molecule has 2 aromatic rings. The first-order valence-electron chi connectivity index (χ1n) is 6.91. The molecule has 0 atom stereocenters. The molecule has 0 saturated carbocycles. The highest BCUT2D eigenvalue weighted by atomic mass is 35.5. The lowest BCUT2D eigenvalue weighted by Crippen LogP contribution is -2.52. The summed E-state index contributed by atoms with van der Waals surface area (Å²) in [6.07, 6.45) is 1.40. The quantitative estimate of drug-likeness (QED) is 0.609. The maximum absolute atomic E-state index is 12.2. The number of urea groups is 1. The molecule has 1 aliphatic heterocycles. The number of likely N-dealkylation sites (N-methyl/N-ethyl adjacent to an activating group) is 2. The van der Waals surface area contributed by atoms with Gasteiger partial charge in [-0.3, -0.25) is 19.4 Å². The summed E-state index contributed by atoms with van der Waals surface area (Å²) in [5, 5.41) is 3.12. The lowest BCUT2D eigenvalue weighted by atomic mass is 10.1. The Hall–Kier alpha value is -2.51. The normalized spacial score (nSPS) is 15.3. The second kappa shape index (κ2) is 6.18. The molecule has 4 amide bonds. The zero-order chi connectivity index (χ0) is 17.4. The van der Waals surface area contributed by atoms with Gasteiger partial charge < -0.3 is 0 Å². The molecule has 0 N–H and O–H groups in total. The van der Waals surface area contributed by atoms with E-state index in [0.29, 0.717) is 10.7 Å². The fourth-order valence-corrected chi connectivity index (χ4v) is 3.11. The second-order valence-corrected chi connectivity index (χ2v) is 6.45. The average molecular weight is 362 g/mol. The van der Waals surface area contributed by atoms with Crippen LogP contribution in [-0.2, 0) is 9.59 Å². The van der Waals surface area contributed by atoms with Crippen LogP contribution in [0.1, 0.15) is 5.69 Å². The van der Waals surface area contributed by atoms with Crippen molar-refractivity contribution in [1.82, 2.24) is 14.8 Å². The topological polar surface area (TPSA) is 70.6 Å². The number of nitrogens with zero attached hydrogens (tertiary/aromatic N) is 3. The van der Waals surface area contributed by atoms with Crippen LogP contribution in [0.25, 0.3) is 16.6 Å². The summed E-state index contributed by atoms with van der Waals surface area (Å²) in [4.78, 5) is 42.3. The zero-order valence-corrected chi connectivity index (χ0v) is 14.4. The van der Waals surface area contributed by atoms with Gasteiger partial charge in [0, 0.05) is 30.1 Å². The molecule has 6 nitrogen and oxygen atoms in total. The molecule has 24 heavy (non-hydrogen) atoms. The van der Waals surface area contributed by atoms with Crippen LogP contribution in [0.3, 0.4) is 0 Å². The first-order valence-corrected chi connectivity index (χ1v) is 8.17. The van der Waals surface area contributed by atoms with Gasteiger partial charge in [0.25, 0.3) is 11.8 Å². The summed E-state index contributed by atoms with van der Waals surface area (Å²) in [6.45, 7) is 0. The van der Waals surface area contributed by atoms with E-state index in [4.69, 9.17) is 11.6 Å². The maximum atomic E-state index is 12.2. The van der Waals surface area contributed by atoms with Gasteiger partial charge in [-0.2, -0.15) is 0 Å². The summed E-state index contributed by atoms with van der Waals surface area (Å²) >= 11 is 7.25. The highest BCUT2D eigenvalue weighted by molar-refractivity contribution is 7.13. The van der Waals surface area contributed by atoms with Crippen molar-refractivity contribution < 1.29 is 14.4 Å². The largest absolute Gasteiger partial charge is 0.333 e. The van der Waals surface area contributed by atoms with E-state index in [0.717, 1.165) is 20.4 Å². The molecular formula is C16H12ClN3O3S. The average Bonchev–Trinajstić information content (AvgIpc) is 3.04. The van der Waals surface area contributed by atoms with E-state index >= 15 is 0 Å². The minimum Gasteiger partial charge on any atom is -0.268 e. The Balaban J connectivity index is 1.94. The summed E-state index contributed by atoms with van der Waals surface area (Å²) in [5.74, 6) is -1.27. The number of imide groups is 2. The zero-order valence-electron chi connectivity index (χ0n) is 12.8. The number of hydrogen-bond acceptors (Lipinski definition) is 5. The van der Waals surface area contributed by atoms with Crippen LogP contribution in [0.2, 0.25) is 5.02 Å². The van der Waals surface area contributed by atoms with Crippen LogP contribution in [0.5, 0.6) is 0 Å². The molecule has 0 unspecified atom stereocenters. The lowest BCUT2D eigenvalue weighted by Gasteiger charge is -2.28. The molecule has 122 valence electrons. The maximum Gasteiger partial charge on any atom is 0.333 e. The molecule has 8 heteroatoms. The number of rotatable bonds is 2. The Morgan fingerprint density at radius 3 is 2.21 bits per heavy atom. The number of carbonyl (C=O) groups excluding carboxylic acids is 3. The predicted octanol–water partition coefficient (Wildman–Crippen LogP) is 2.90. The summed E-state index contributed by atoms with van der Waals surface area (Å²) in [6, 6.07) is 6.56. The number of thiazole rings is 1. The Labute approximate surface area is 147 Å². The van der Waals surface area contributed by atoms with Crippen LogP contribution in [0.15, 0.2) is 35.2 Å². The van der Waals surface area contributed by atoms with Crippen LogP contribution in [0, 0.1) is 0 Å². The van der Waals surface area contributed by atoms with Crippen LogP contribution in [0.4, 0.5) is 4.79 Å². The first-order chi connectivity index (χ1) is 11.4. The summed E-state index contributed by atoms with van der Waals surface area (Å²) in [7, 11) is 2.67. The minimum atomic E-state index is -0.651. The molecule has 0 spiro atoms. The summed E-state index contributed by atoms with van der Waals surface area (Å²) < 4.78 is 0. The van der Waals surface area contributed by atoms with E-state index in [9.17, 15) is 14.4 Å². The van der Waals surface area contributed by atoms with Crippen molar-refractivity contribution >= 4 is 46.9 Å². The van der Waals surface area contributed by atoms with Crippen molar-refractivity contribution in [2.75, 3.05) is 14.1 Å². The third-order valence-electron chi connectivity index (χ3n) is 3.55. The molecular weight excluding hydrogens is 350 g/mol. The van der Waals surface area contributed by atoms with Gasteiger partial charge in [-0.25, -0.2) is 9.78 Å². The number of benzene rings is 1. The molecule has 0 bridgehead atoms. The van der Waals surface area contributed by atoms with Crippen molar-refractivity contribution in [3.63, 3.8) is 0 Å². The van der Waals surface area contributed by atoms with Crippen molar-refractivity contribution in [1.29, 1.82) is 0 Å². The predicted molar refractivity (Wildman–Crippen MR) is 91.5 cm³/mol. The molecule has 0 aliphatic carbocycles. The number of hydrogen-bond donors (Lipinski definition) is 0. The van der Waals surface area contributed by atoms with Gasteiger partial charge in [0.2, 0.25) is 0 Å². The minimum absolute atomic E-state index is 0.0902. The molecule has 2 heterocycles. The van der Waals surface area contributed by atoms with Gasteiger partial charge in [-0.05, 0) is 18.2 Å². The molecule has 1 aromatic heterocycles. The van der Waals surface area contributed by atoms with Crippen molar-refractivity contribution in [3.8, 4) is 10.6 Å². The SMILES string of the molecule is CN1C(=O)C(=Cc2csc(-c3ccc(Cl)cc3)n2)C(=O)N(C)C1=O. The van der Waals surface area contributed by atoms with E-state index in [-0.39, 0.29) is 5.57 Å². The van der Waals surface area contributed by atoms with Crippen molar-refractivity contribution in [2.45, 2.75) is 0 Å². The first kappa shape index (κ1) is 16.4. The van der Waals surface area contributed by atoms with Gasteiger partial charge in [0.05, 0.1) is 5.69 Å². The fourth-order valence-electron chi connectivity index (χ4n) is 2.20. The number of amides is 4. The number of aromatic nitrogens is 1. The Bertz CT molecular complexity index is 847. The second-order valence-electron chi connectivity index (χ2n) is 5.15. The van der Waals surface area contributed by atoms with Crippen molar-refractivity contribution in [2.24, 2.45) is 0 Å². The van der Waals surface area contributed by atoms with Crippen molar-refractivity contribution in [3.05, 3.63) is 45.9 Å². The Morgan fingerprint density at radius 1 is 1.04 bits per heavy atom. The third-order valence-corrected chi connectivity index (χ3v) is 4.71. The molecule has 1 saturated heterocycles. The van der Waals surface area contributed by atoms with Gasteiger partial charge in [0.1, 0.15) is 10.6 Å². The highest BCUT2D eigenvalue weighted by Gasteiger charge is 2.37. The van der Waals surface area contributed by atoms with E-state index in [1.807, 2.05) is 12.1 Å². The molecule has 1 aliphatic rings.